The molecule has 7 heteroatoms. The van der Waals surface area contributed by atoms with E-state index in [1.165, 1.54) is 18.2 Å². The van der Waals surface area contributed by atoms with Gasteiger partial charge in [-0.1, -0.05) is 15.9 Å². The van der Waals surface area contributed by atoms with Gasteiger partial charge < -0.3 is 9.40 Å². The standard InChI is InChI=1S/C20H8BrFN2O3/c21-7-1-3-11-9(5-7)13-15-16(20(26)24-19(15)25)14-10-6-8(22)2-4-12(10)27-18(14)17(13)23-11/h1-6,23H,(H,24,25,26). The van der Waals surface area contributed by atoms with Crippen molar-refractivity contribution in [2.75, 3.05) is 0 Å². The van der Waals surface area contributed by atoms with E-state index in [1.807, 2.05) is 18.2 Å². The fraction of sp³-hybridized carbons (Fsp3) is 0. The number of hydrogen-bond acceptors (Lipinski definition) is 3. The first-order valence-corrected chi connectivity index (χ1v) is 8.96. The van der Waals surface area contributed by atoms with Crippen molar-refractivity contribution in [1.29, 1.82) is 0 Å². The lowest BCUT2D eigenvalue weighted by Crippen LogP contribution is -2.20. The quantitative estimate of drug-likeness (QED) is 0.344. The molecule has 2 aromatic heterocycles. The second-order valence-electron chi connectivity index (χ2n) is 6.54. The molecule has 3 aromatic carbocycles. The summed E-state index contributed by atoms with van der Waals surface area (Å²) in [6, 6.07) is 9.80. The van der Waals surface area contributed by atoms with E-state index in [0.29, 0.717) is 38.4 Å². The van der Waals surface area contributed by atoms with Gasteiger partial charge in [-0.2, -0.15) is 0 Å². The van der Waals surface area contributed by atoms with Crippen molar-refractivity contribution in [3.05, 3.63) is 57.8 Å². The minimum atomic E-state index is -0.502. The molecule has 0 atom stereocenters. The van der Waals surface area contributed by atoms with E-state index in [1.54, 1.807) is 0 Å². The van der Waals surface area contributed by atoms with Crippen LogP contribution >= 0.6 is 15.9 Å². The van der Waals surface area contributed by atoms with Gasteiger partial charge in [-0.25, -0.2) is 4.39 Å². The smallest absolute Gasteiger partial charge is 0.259 e. The Hall–Kier alpha value is -3.19. The second kappa shape index (κ2) is 4.75. The van der Waals surface area contributed by atoms with Gasteiger partial charge in [-0.3, -0.25) is 14.9 Å². The molecular formula is C20H8BrFN2O3. The van der Waals surface area contributed by atoms with Gasteiger partial charge in [0.05, 0.1) is 16.6 Å². The van der Waals surface area contributed by atoms with Crippen LogP contribution in [0.3, 0.4) is 0 Å². The van der Waals surface area contributed by atoms with Gasteiger partial charge in [0, 0.05) is 31.5 Å². The third-order valence-corrected chi connectivity index (χ3v) is 5.56. The molecule has 0 aliphatic carbocycles. The number of carbonyl (C=O) groups excluding carboxylic acids is 2. The van der Waals surface area contributed by atoms with Crippen molar-refractivity contribution in [3.63, 3.8) is 0 Å². The minimum Gasteiger partial charge on any atom is -0.454 e. The summed E-state index contributed by atoms with van der Waals surface area (Å²) in [6.07, 6.45) is 0. The normalized spacial score (nSPS) is 14.0. The van der Waals surface area contributed by atoms with Crippen LogP contribution in [0.4, 0.5) is 4.39 Å². The molecule has 1 aliphatic heterocycles. The highest BCUT2D eigenvalue weighted by atomic mass is 79.9. The molecule has 3 heterocycles. The molecule has 1 aliphatic rings. The van der Waals surface area contributed by atoms with Crippen molar-refractivity contribution in [2.45, 2.75) is 0 Å². The Balaban J connectivity index is 2.00. The molecule has 5 nitrogen and oxygen atoms in total. The number of aromatic nitrogens is 1. The van der Waals surface area contributed by atoms with Crippen LogP contribution in [0.25, 0.3) is 43.7 Å². The first-order chi connectivity index (χ1) is 13.0. The topological polar surface area (TPSA) is 75.1 Å². The number of aromatic amines is 1. The minimum absolute atomic E-state index is 0.229. The number of nitrogens with one attached hydrogen (secondary N) is 2. The third kappa shape index (κ3) is 1.77. The first-order valence-electron chi connectivity index (χ1n) is 8.17. The van der Waals surface area contributed by atoms with Crippen LogP contribution in [0.15, 0.2) is 45.3 Å². The molecule has 6 rings (SSSR count). The van der Waals surface area contributed by atoms with Gasteiger partial charge in [0.25, 0.3) is 11.8 Å². The Morgan fingerprint density at radius 2 is 1.70 bits per heavy atom. The molecule has 130 valence electrons. The summed E-state index contributed by atoms with van der Waals surface area (Å²) < 4.78 is 20.7. The number of H-pyrrole nitrogens is 1. The third-order valence-electron chi connectivity index (χ3n) is 5.07. The highest BCUT2D eigenvalue weighted by molar-refractivity contribution is 9.10. The summed E-state index contributed by atoms with van der Waals surface area (Å²) >= 11 is 3.45. The molecule has 5 aromatic rings. The van der Waals surface area contributed by atoms with E-state index >= 15 is 0 Å². The Morgan fingerprint density at radius 3 is 2.52 bits per heavy atom. The Bertz CT molecular complexity index is 1400. The van der Waals surface area contributed by atoms with E-state index in [9.17, 15) is 14.0 Å². The number of furan rings is 1. The number of fused-ring (bicyclic) bond motifs is 10. The fourth-order valence-corrected chi connectivity index (χ4v) is 4.38. The summed E-state index contributed by atoms with van der Waals surface area (Å²) in [4.78, 5) is 28.5. The van der Waals surface area contributed by atoms with E-state index in [0.717, 1.165) is 15.4 Å². The zero-order chi connectivity index (χ0) is 18.4. The molecule has 0 saturated carbocycles. The van der Waals surface area contributed by atoms with Gasteiger partial charge in [0.15, 0.2) is 5.58 Å². The second-order valence-corrected chi connectivity index (χ2v) is 7.46. The zero-order valence-electron chi connectivity index (χ0n) is 13.4. The average Bonchev–Trinajstić information content (AvgIpc) is 3.26. The van der Waals surface area contributed by atoms with Crippen LogP contribution in [-0.4, -0.2) is 16.8 Å². The fourth-order valence-electron chi connectivity index (χ4n) is 4.02. The van der Waals surface area contributed by atoms with Gasteiger partial charge in [-0.15, -0.1) is 0 Å². The molecule has 2 N–H and O–H groups in total. The predicted octanol–water partition coefficient (Wildman–Crippen LogP) is 5.01. The summed E-state index contributed by atoms with van der Waals surface area (Å²) in [5, 5.41) is 4.70. The maximum Gasteiger partial charge on any atom is 0.259 e. The molecule has 0 radical (unpaired) electrons. The number of benzene rings is 3. The lowest BCUT2D eigenvalue weighted by atomic mass is 9.97. The van der Waals surface area contributed by atoms with Crippen LogP contribution < -0.4 is 5.32 Å². The van der Waals surface area contributed by atoms with E-state index in [-0.39, 0.29) is 5.56 Å². The SMILES string of the molecule is O=C1NC(=O)c2c1c1c3cc(Br)ccc3[nH]c1c1oc3ccc(F)cc3c21. The highest BCUT2D eigenvalue weighted by Crippen LogP contribution is 2.43. The largest absolute Gasteiger partial charge is 0.454 e. The van der Waals surface area contributed by atoms with E-state index in [4.69, 9.17) is 4.42 Å². The van der Waals surface area contributed by atoms with Crippen LogP contribution in [-0.2, 0) is 0 Å². The number of hydrogen-bond donors (Lipinski definition) is 2. The van der Waals surface area contributed by atoms with Gasteiger partial charge >= 0.3 is 0 Å². The molecule has 0 spiro atoms. The summed E-state index contributed by atoms with van der Waals surface area (Å²) in [5.41, 5.74) is 2.82. The predicted molar refractivity (Wildman–Crippen MR) is 103 cm³/mol. The summed E-state index contributed by atoms with van der Waals surface area (Å²) in [5.74, 6) is -1.41. The number of carbonyl (C=O) groups is 2. The van der Waals surface area contributed by atoms with Gasteiger partial charge in [-0.05, 0) is 36.4 Å². The van der Waals surface area contributed by atoms with Crippen LogP contribution in [0, 0.1) is 5.82 Å². The van der Waals surface area contributed by atoms with Gasteiger partial charge in [0.2, 0.25) is 0 Å². The number of amides is 2. The van der Waals surface area contributed by atoms with E-state index in [2.05, 4.69) is 26.2 Å². The number of rotatable bonds is 0. The number of halogens is 2. The molecule has 27 heavy (non-hydrogen) atoms. The average molecular weight is 423 g/mol. The maximum atomic E-state index is 13.9. The number of imide groups is 1. The maximum absolute atomic E-state index is 13.9. The molecule has 2 amide bonds. The summed E-state index contributed by atoms with van der Waals surface area (Å²) in [7, 11) is 0. The zero-order valence-corrected chi connectivity index (χ0v) is 15.0. The Labute approximate surface area is 158 Å². The first kappa shape index (κ1) is 14.9. The van der Waals surface area contributed by atoms with Crippen LogP contribution in [0.1, 0.15) is 20.7 Å². The Kier molecular flexibility index (Phi) is 2.62. The Morgan fingerprint density at radius 1 is 0.926 bits per heavy atom. The highest BCUT2D eigenvalue weighted by Gasteiger charge is 2.35. The van der Waals surface area contributed by atoms with Crippen LogP contribution in [0.5, 0.6) is 0 Å². The monoisotopic (exact) mass is 422 g/mol. The van der Waals surface area contributed by atoms with Crippen molar-refractivity contribution in [1.82, 2.24) is 10.3 Å². The van der Waals surface area contributed by atoms with Crippen molar-refractivity contribution < 1.29 is 18.4 Å². The van der Waals surface area contributed by atoms with Crippen molar-refractivity contribution in [2.24, 2.45) is 0 Å². The van der Waals surface area contributed by atoms with Crippen molar-refractivity contribution in [3.8, 4) is 0 Å². The lowest BCUT2D eigenvalue weighted by Gasteiger charge is -2.01. The van der Waals surface area contributed by atoms with Crippen LogP contribution in [0.2, 0.25) is 0 Å². The lowest BCUT2D eigenvalue weighted by molar-refractivity contribution is 0.0880. The molecule has 0 fully saturated rings. The molecule has 0 saturated heterocycles. The van der Waals surface area contributed by atoms with Gasteiger partial charge in [0.1, 0.15) is 11.4 Å². The molecular weight excluding hydrogens is 415 g/mol. The molecule has 0 bridgehead atoms. The van der Waals surface area contributed by atoms with E-state index < -0.39 is 17.6 Å². The van der Waals surface area contributed by atoms with Crippen molar-refractivity contribution >= 4 is 71.5 Å². The summed E-state index contributed by atoms with van der Waals surface area (Å²) in [6.45, 7) is 0. The molecule has 0 unspecified atom stereocenters.